The molecule has 1 aliphatic heterocycles. The van der Waals surface area contributed by atoms with Crippen molar-refractivity contribution < 1.29 is 4.42 Å². The molecule has 0 aliphatic carbocycles. The van der Waals surface area contributed by atoms with Crippen LogP contribution in [-0.4, -0.2) is 5.84 Å². The number of thiophene rings is 2. The van der Waals surface area contributed by atoms with E-state index in [9.17, 15) is 0 Å². The number of aliphatic imine (C=N–C) groups is 1. The van der Waals surface area contributed by atoms with E-state index in [4.69, 9.17) is 9.41 Å². The highest BCUT2D eigenvalue weighted by Gasteiger charge is 2.26. The summed E-state index contributed by atoms with van der Waals surface area (Å²) < 4.78 is 11.6. The van der Waals surface area contributed by atoms with E-state index in [0.717, 1.165) is 44.5 Å². The molecule has 51 heavy (non-hydrogen) atoms. The molecular formula is C45H29N3OS2. The molecule has 0 amide bonds. The molecule has 0 fully saturated rings. The summed E-state index contributed by atoms with van der Waals surface area (Å²) in [4.78, 5) is 5.32. The summed E-state index contributed by atoms with van der Waals surface area (Å²) >= 11 is 3.70. The predicted molar refractivity (Wildman–Crippen MR) is 216 cm³/mol. The summed E-state index contributed by atoms with van der Waals surface area (Å²) in [6, 6.07) is 54.3. The molecule has 0 spiro atoms. The van der Waals surface area contributed by atoms with Gasteiger partial charge in [0.2, 0.25) is 0 Å². The van der Waals surface area contributed by atoms with Crippen LogP contribution in [0.5, 0.6) is 0 Å². The number of furan rings is 1. The van der Waals surface area contributed by atoms with Crippen molar-refractivity contribution in [3.05, 3.63) is 168 Å². The second-order valence-electron chi connectivity index (χ2n) is 13.2. The molecule has 6 heteroatoms. The lowest BCUT2D eigenvalue weighted by Crippen LogP contribution is -2.44. The molecule has 242 valence electrons. The van der Waals surface area contributed by atoms with Crippen molar-refractivity contribution in [2.75, 3.05) is 0 Å². The van der Waals surface area contributed by atoms with Gasteiger partial charge in [-0.05, 0) is 70.8 Å². The molecule has 0 saturated carbocycles. The maximum atomic E-state index is 6.40. The Hall–Kier alpha value is -5.79. The number of rotatable bonds is 4. The Balaban J connectivity index is 1.03. The zero-order valence-corrected chi connectivity index (χ0v) is 28.9. The molecule has 2 unspecified atom stereocenters. The first-order valence-electron chi connectivity index (χ1n) is 17.2. The third kappa shape index (κ3) is 4.72. The Kier molecular flexibility index (Phi) is 6.46. The van der Waals surface area contributed by atoms with Crippen molar-refractivity contribution in [2.24, 2.45) is 4.99 Å². The second-order valence-corrected chi connectivity index (χ2v) is 15.3. The van der Waals surface area contributed by atoms with Gasteiger partial charge in [0.1, 0.15) is 29.3 Å². The van der Waals surface area contributed by atoms with E-state index in [2.05, 4.69) is 162 Å². The average molecular weight is 692 g/mol. The SMILES string of the molecule is c1ccc(C2NC(c3ccc4oc5ccc(-c6cccc7c6sc6ccccc67)cc5c4c3)=NC(c3ccc4c(c3)sc3ccccc34)N2)cc1. The van der Waals surface area contributed by atoms with E-state index in [1.165, 1.54) is 51.5 Å². The molecule has 3 aromatic heterocycles. The summed E-state index contributed by atoms with van der Waals surface area (Å²) in [5.41, 5.74) is 7.51. The maximum Gasteiger partial charge on any atom is 0.135 e. The van der Waals surface area contributed by atoms with E-state index in [1.807, 2.05) is 22.7 Å². The quantitative estimate of drug-likeness (QED) is 0.193. The van der Waals surface area contributed by atoms with Crippen molar-refractivity contribution in [3.63, 3.8) is 0 Å². The van der Waals surface area contributed by atoms with Crippen LogP contribution in [0.3, 0.4) is 0 Å². The van der Waals surface area contributed by atoms with Crippen LogP contribution in [0, 0.1) is 0 Å². The summed E-state index contributed by atoms with van der Waals surface area (Å²) in [5, 5.41) is 14.9. The van der Waals surface area contributed by atoms with E-state index in [0.29, 0.717) is 0 Å². The van der Waals surface area contributed by atoms with Gasteiger partial charge in [-0.2, -0.15) is 0 Å². The van der Waals surface area contributed by atoms with E-state index >= 15 is 0 Å². The number of nitrogens with zero attached hydrogens (tertiary/aromatic N) is 1. The monoisotopic (exact) mass is 691 g/mol. The minimum absolute atomic E-state index is 0.119. The Bertz CT molecular complexity index is 3010. The van der Waals surface area contributed by atoms with Gasteiger partial charge in [-0.1, -0.05) is 103 Å². The third-order valence-electron chi connectivity index (χ3n) is 10.2. The molecule has 4 heterocycles. The molecule has 11 rings (SSSR count). The predicted octanol–water partition coefficient (Wildman–Crippen LogP) is 12.3. The van der Waals surface area contributed by atoms with Gasteiger partial charge in [-0.25, -0.2) is 4.99 Å². The van der Waals surface area contributed by atoms with Gasteiger partial charge in [0, 0.05) is 56.7 Å². The lowest BCUT2D eigenvalue weighted by atomic mass is 10.00. The smallest absolute Gasteiger partial charge is 0.135 e. The summed E-state index contributed by atoms with van der Waals surface area (Å²) in [6.07, 6.45) is -0.349. The zero-order chi connectivity index (χ0) is 33.5. The van der Waals surface area contributed by atoms with Gasteiger partial charge in [0.05, 0.1) is 0 Å². The van der Waals surface area contributed by atoms with Crippen molar-refractivity contribution in [1.82, 2.24) is 10.6 Å². The molecule has 0 bridgehead atoms. The fourth-order valence-corrected chi connectivity index (χ4v) is 10.1. The molecule has 1 aliphatic rings. The van der Waals surface area contributed by atoms with Gasteiger partial charge >= 0.3 is 0 Å². The molecule has 2 atom stereocenters. The topological polar surface area (TPSA) is 49.6 Å². The summed E-state index contributed by atoms with van der Waals surface area (Å²) in [6.45, 7) is 0. The van der Waals surface area contributed by atoms with Gasteiger partial charge in [-0.15, -0.1) is 22.7 Å². The number of hydrogen-bond donors (Lipinski definition) is 2. The van der Waals surface area contributed by atoms with Gasteiger partial charge in [0.25, 0.3) is 0 Å². The van der Waals surface area contributed by atoms with Crippen LogP contribution in [0.15, 0.2) is 161 Å². The van der Waals surface area contributed by atoms with Crippen LogP contribution in [0.1, 0.15) is 29.0 Å². The number of amidine groups is 1. The zero-order valence-electron chi connectivity index (χ0n) is 27.3. The van der Waals surface area contributed by atoms with Crippen molar-refractivity contribution in [3.8, 4) is 11.1 Å². The van der Waals surface area contributed by atoms with Crippen LogP contribution >= 0.6 is 22.7 Å². The van der Waals surface area contributed by atoms with Crippen molar-refractivity contribution >= 4 is 90.8 Å². The Morgan fingerprint density at radius 2 is 1.16 bits per heavy atom. The van der Waals surface area contributed by atoms with Crippen LogP contribution < -0.4 is 10.6 Å². The van der Waals surface area contributed by atoms with E-state index in [1.54, 1.807) is 0 Å². The highest BCUT2D eigenvalue weighted by molar-refractivity contribution is 7.26. The fourth-order valence-electron chi connectivity index (χ4n) is 7.67. The lowest BCUT2D eigenvalue weighted by Gasteiger charge is -2.32. The summed E-state index contributed by atoms with van der Waals surface area (Å²) in [5.74, 6) is 0.853. The second kappa shape index (κ2) is 11.4. The molecule has 0 radical (unpaired) electrons. The van der Waals surface area contributed by atoms with E-state index < -0.39 is 0 Å². The fraction of sp³-hybridized carbons (Fsp3) is 0.0444. The number of benzene rings is 7. The first-order valence-corrected chi connectivity index (χ1v) is 18.8. The van der Waals surface area contributed by atoms with E-state index in [-0.39, 0.29) is 12.3 Å². The molecule has 0 saturated heterocycles. The van der Waals surface area contributed by atoms with Crippen molar-refractivity contribution in [1.29, 1.82) is 0 Å². The van der Waals surface area contributed by atoms with Crippen LogP contribution in [0.4, 0.5) is 0 Å². The lowest BCUT2D eigenvalue weighted by molar-refractivity contribution is 0.409. The molecule has 7 aromatic carbocycles. The van der Waals surface area contributed by atoms with Gasteiger partial charge in [-0.3, -0.25) is 5.32 Å². The highest BCUT2D eigenvalue weighted by atomic mass is 32.1. The largest absolute Gasteiger partial charge is 0.456 e. The number of hydrogen-bond acceptors (Lipinski definition) is 6. The Morgan fingerprint density at radius 1 is 0.490 bits per heavy atom. The standard InChI is InChI=1S/C45H29N3OS2/c1-2-9-26(10-3-1)43-46-44(48-45(47-43)29-17-20-33-31-11-4-6-15-39(31)50-41(33)25-29)28-19-22-38-36(24-28)35-23-27(18-21-37(35)49-38)30-13-8-14-34-32-12-5-7-16-40(32)51-42(30)34/h1-25,43,45,47H,(H,46,48). The highest BCUT2D eigenvalue weighted by Crippen LogP contribution is 2.42. The minimum atomic E-state index is -0.230. The van der Waals surface area contributed by atoms with Crippen molar-refractivity contribution in [2.45, 2.75) is 12.3 Å². The van der Waals surface area contributed by atoms with Gasteiger partial charge < -0.3 is 9.73 Å². The molecule has 10 aromatic rings. The number of fused-ring (bicyclic) bond motifs is 9. The summed E-state index contributed by atoms with van der Waals surface area (Å²) in [7, 11) is 0. The molecule has 4 nitrogen and oxygen atoms in total. The number of nitrogens with one attached hydrogen (secondary N) is 2. The Labute approximate surface area is 301 Å². The van der Waals surface area contributed by atoms with Gasteiger partial charge in [0.15, 0.2) is 0 Å². The van der Waals surface area contributed by atoms with Crippen LogP contribution in [0.25, 0.3) is 73.4 Å². The average Bonchev–Trinajstić information content (AvgIpc) is 3.88. The molecular weight excluding hydrogens is 663 g/mol. The first kappa shape index (κ1) is 29.0. The third-order valence-corrected chi connectivity index (χ3v) is 12.5. The van der Waals surface area contributed by atoms with Crippen LogP contribution in [-0.2, 0) is 0 Å². The maximum absolute atomic E-state index is 6.40. The minimum Gasteiger partial charge on any atom is -0.456 e. The normalized spacial score (nSPS) is 16.4. The first-order chi connectivity index (χ1) is 25.2. The molecule has 2 N–H and O–H groups in total. The Morgan fingerprint density at radius 3 is 1.98 bits per heavy atom. The van der Waals surface area contributed by atoms with Crippen LogP contribution in [0.2, 0.25) is 0 Å².